The summed E-state index contributed by atoms with van der Waals surface area (Å²) in [5.41, 5.74) is 0. The summed E-state index contributed by atoms with van der Waals surface area (Å²) in [5.74, 6) is 1.90. The third kappa shape index (κ3) is 2.71. The van der Waals surface area contributed by atoms with E-state index in [0.717, 1.165) is 6.42 Å². The molecule has 0 aliphatic heterocycles. The molecule has 0 aromatic carbocycles. The normalized spacial score (nSPS) is 34.6. The predicted molar refractivity (Wildman–Crippen MR) is 52.3 cm³/mol. The van der Waals surface area contributed by atoms with E-state index in [-0.39, 0.29) is 6.10 Å². The molecule has 0 unspecified atom stereocenters. The van der Waals surface area contributed by atoms with Crippen molar-refractivity contribution in [3.8, 4) is 0 Å². The number of carbonyl (C=O) groups excluding carboxylic acids is 1. The smallest absolute Gasteiger partial charge is 0.293 e. The minimum atomic E-state index is 0.168. The van der Waals surface area contributed by atoms with Gasteiger partial charge in [-0.2, -0.15) is 0 Å². The predicted octanol–water partition coefficient (Wildman–Crippen LogP) is 2.62. The highest BCUT2D eigenvalue weighted by atomic mass is 16.5. The van der Waals surface area contributed by atoms with Gasteiger partial charge < -0.3 is 4.74 Å². The van der Waals surface area contributed by atoms with Crippen molar-refractivity contribution in [2.45, 2.75) is 46.1 Å². The largest absolute Gasteiger partial charge is 0.464 e. The van der Waals surface area contributed by atoms with Gasteiger partial charge in [0.05, 0.1) is 0 Å². The first-order chi connectivity index (χ1) is 6.15. The quantitative estimate of drug-likeness (QED) is 0.630. The van der Waals surface area contributed by atoms with Gasteiger partial charge in [0.25, 0.3) is 6.47 Å². The maximum atomic E-state index is 10.3. The Labute approximate surface area is 80.7 Å². The van der Waals surface area contributed by atoms with Crippen LogP contribution in [0.25, 0.3) is 0 Å². The summed E-state index contributed by atoms with van der Waals surface area (Å²) < 4.78 is 5.15. The first kappa shape index (κ1) is 10.6. The summed E-state index contributed by atoms with van der Waals surface area (Å²) in [7, 11) is 0. The fourth-order valence-corrected chi connectivity index (χ4v) is 2.34. The molecule has 1 aliphatic rings. The molecule has 0 spiro atoms. The molecule has 0 aromatic rings. The molecule has 0 N–H and O–H groups in total. The molecule has 1 fully saturated rings. The topological polar surface area (TPSA) is 26.3 Å². The lowest BCUT2D eigenvalue weighted by Crippen LogP contribution is -2.33. The van der Waals surface area contributed by atoms with Gasteiger partial charge in [-0.05, 0) is 30.6 Å². The Morgan fingerprint density at radius 1 is 1.38 bits per heavy atom. The fraction of sp³-hybridized carbons (Fsp3) is 0.909. The van der Waals surface area contributed by atoms with Crippen molar-refractivity contribution in [3.05, 3.63) is 0 Å². The molecule has 0 radical (unpaired) electrons. The SMILES string of the molecule is CC(C)[C@H]1CC[C@@H](C)C[C@H]1OC=O. The van der Waals surface area contributed by atoms with E-state index in [1.54, 1.807) is 0 Å². The second kappa shape index (κ2) is 4.64. The highest BCUT2D eigenvalue weighted by molar-refractivity contribution is 5.37. The van der Waals surface area contributed by atoms with Gasteiger partial charge in [0.15, 0.2) is 0 Å². The fourth-order valence-electron chi connectivity index (χ4n) is 2.34. The van der Waals surface area contributed by atoms with Crippen LogP contribution in [0.15, 0.2) is 0 Å². The zero-order valence-corrected chi connectivity index (χ0v) is 8.82. The van der Waals surface area contributed by atoms with Gasteiger partial charge >= 0.3 is 0 Å². The first-order valence-electron chi connectivity index (χ1n) is 5.24. The van der Waals surface area contributed by atoms with E-state index in [2.05, 4.69) is 20.8 Å². The van der Waals surface area contributed by atoms with Crippen LogP contribution < -0.4 is 0 Å². The lowest BCUT2D eigenvalue weighted by atomic mass is 9.75. The van der Waals surface area contributed by atoms with Crippen LogP contribution in [-0.4, -0.2) is 12.6 Å². The lowest BCUT2D eigenvalue weighted by Gasteiger charge is -2.35. The van der Waals surface area contributed by atoms with Gasteiger partial charge in [0, 0.05) is 0 Å². The highest BCUT2D eigenvalue weighted by Crippen LogP contribution is 2.34. The summed E-state index contributed by atoms with van der Waals surface area (Å²) in [6.07, 6.45) is 3.70. The lowest BCUT2D eigenvalue weighted by molar-refractivity contribution is -0.140. The van der Waals surface area contributed by atoms with Gasteiger partial charge in [0.2, 0.25) is 0 Å². The van der Waals surface area contributed by atoms with Crippen molar-refractivity contribution in [3.63, 3.8) is 0 Å². The van der Waals surface area contributed by atoms with Crippen LogP contribution in [0.1, 0.15) is 40.0 Å². The van der Waals surface area contributed by atoms with Gasteiger partial charge in [-0.15, -0.1) is 0 Å². The van der Waals surface area contributed by atoms with E-state index >= 15 is 0 Å². The Morgan fingerprint density at radius 3 is 2.62 bits per heavy atom. The van der Waals surface area contributed by atoms with Crippen LogP contribution >= 0.6 is 0 Å². The number of carbonyl (C=O) groups is 1. The minimum Gasteiger partial charge on any atom is -0.464 e. The molecule has 3 atom stereocenters. The average Bonchev–Trinajstić information content (AvgIpc) is 2.04. The molecular weight excluding hydrogens is 164 g/mol. The Bertz CT molecular complexity index is 165. The summed E-state index contributed by atoms with van der Waals surface area (Å²) >= 11 is 0. The molecule has 2 heteroatoms. The number of hydrogen-bond donors (Lipinski definition) is 0. The molecule has 76 valence electrons. The Morgan fingerprint density at radius 2 is 2.08 bits per heavy atom. The van der Waals surface area contributed by atoms with Crippen molar-refractivity contribution >= 4 is 6.47 Å². The van der Waals surface area contributed by atoms with Crippen LogP contribution in [-0.2, 0) is 9.53 Å². The van der Waals surface area contributed by atoms with E-state index in [1.165, 1.54) is 12.8 Å². The van der Waals surface area contributed by atoms with Gasteiger partial charge in [0.1, 0.15) is 6.10 Å². The maximum absolute atomic E-state index is 10.3. The molecular formula is C11H20O2. The van der Waals surface area contributed by atoms with Crippen molar-refractivity contribution in [2.24, 2.45) is 17.8 Å². The summed E-state index contributed by atoms with van der Waals surface area (Å²) in [6, 6.07) is 0. The summed E-state index contributed by atoms with van der Waals surface area (Å²) in [6.45, 7) is 7.26. The second-order valence-corrected chi connectivity index (χ2v) is 4.60. The van der Waals surface area contributed by atoms with Crippen LogP contribution in [0.4, 0.5) is 0 Å². The molecule has 0 heterocycles. The zero-order chi connectivity index (χ0) is 9.84. The van der Waals surface area contributed by atoms with Crippen LogP contribution in [0.3, 0.4) is 0 Å². The standard InChI is InChI=1S/C11H20O2/c1-8(2)10-5-4-9(3)6-11(10)13-7-12/h7-11H,4-6H2,1-3H3/t9-,10-,11-/m1/s1. The molecule has 0 amide bonds. The number of rotatable bonds is 3. The zero-order valence-electron chi connectivity index (χ0n) is 8.82. The average molecular weight is 184 g/mol. The Kier molecular flexibility index (Phi) is 3.76. The van der Waals surface area contributed by atoms with Gasteiger partial charge in [-0.1, -0.05) is 27.2 Å². The van der Waals surface area contributed by atoms with Crippen LogP contribution in [0.2, 0.25) is 0 Å². The first-order valence-corrected chi connectivity index (χ1v) is 5.24. The molecule has 0 bridgehead atoms. The Hall–Kier alpha value is -0.530. The van der Waals surface area contributed by atoms with Crippen molar-refractivity contribution < 1.29 is 9.53 Å². The maximum Gasteiger partial charge on any atom is 0.293 e. The Balaban J connectivity index is 2.54. The van der Waals surface area contributed by atoms with Crippen molar-refractivity contribution in [1.82, 2.24) is 0 Å². The van der Waals surface area contributed by atoms with Crippen molar-refractivity contribution in [2.75, 3.05) is 0 Å². The molecule has 1 aliphatic carbocycles. The monoisotopic (exact) mass is 184 g/mol. The third-order valence-electron chi connectivity index (χ3n) is 3.19. The van der Waals surface area contributed by atoms with E-state index in [1.807, 2.05) is 0 Å². The number of ether oxygens (including phenoxy) is 1. The molecule has 1 saturated carbocycles. The molecule has 13 heavy (non-hydrogen) atoms. The van der Waals surface area contributed by atoms with Gasteiger partial charge in [-0.3, -0.25) is 4.79 Å². The van der Waals surface area contributed by atoms with Crippen LogP contribution in [0, 0.1) is 17.8 Å². The minimum absolute atomic E-state index is 0.168. The van der Waals surface area contributed by atoms with Crippen LogP contribution in [0.5, 0.6) is 0 Å². The second-order valence-electron chi connectivity index (χ2n) is 4.60. The van der Waals surface area contributed by atoms with Crippen molar-refractivity contribution in [1.29, 1.82) is 0 Å². The molecule has 1 rings (SSSR count). The highest BCUT2D eigenvalue weighted by Gasteiger charge is 2.31. The van der Waals surface area contributed by atoms with E-state index < -0.39 is 0 Å². The molecule has 0 aromatic heterocycles. The molecule has 0 saturated heterocycles. The van der Waals surface area contributed by atoms with Gasteiger partial charge in [-0.25, -0.2) is 0 Å². The van der Waals surface area contributed by atoms with E-state index in [9.17, 15) is 4.79 Å². The summed E-state index contributed by atoms with van der Waals surface area (Å²) in [4.78, 5) is 10.3. The van der Waals surface area contributed by atoms with E-state index in [0.29, 0.717) is 24.2 Å². The molecule has 2 nitrogen and oxygen atoms in total. The summed E-state index contributed by atoms with van der Waals surface area (Å²) in [5, 5.41) is 0. The van der Waals surface area contributed by atoms with E-state index in [4.69, 9.17) is 4.74 Å². The number of hydrogen-bond acceptors (Lipinski definition) is 2. The third-order valence-corrected chi connectivity index (χ3v) is 3.19.